The molecule has 0 radical (unpaired) electrons. The molecule has 2 rings (SSSR count). The van der Waals surface area contributed by atoms with Crippen molar-refractivity contribution in [3.05, 3.63) is 0 Å². The number of alkyl halides is 3. The van der Waals surface area contributed by atoms with Crippen LogP contribution in [-0.4, -0.2) is 40.8 Å². The van der Waals surface area contributed by atoms with E-state index in [0.29, 0.717) is 19.0 Å². The number of carbonyl (C=O) groups is 1. The van der Waals surface area contributed by atoms with Gasteiger partial charge in [-0.2, -0.15) is 13.2 Å². The summed E-state index contributed by atoms with van der Waals surface area (Å²) in [5.74, 6) is -2.09. The standard InChI is InChI=1S/C13H20F3NO2/c14-13(15,16)9-2-1-3-11(8-9)17(10-4-5-10)7-6-12(18)19/h9-11H,1-8H2,(H,18,19). The Bertz CT molecular complexity index is 328. The van der Waals surface area contributed by atoms with Crippen LogP contribution >= 0.6 is 0 Å². The summed E-state index contributed by atoms with van der Waals surface area (Å²) in [7, 11) is 0. The molecule has 0 amide bonds. The van der Waals surface area contributed by atoms with E-state index in [9.17, 15) is 18.0 Å². The maximum Gasteiger partial charge on any atom is 0.391 e. The Morgan fingerprint density at radius 3 is 2.37 bits per heavy atom. The van der Waals surface area contributed by atoms with E-state index in [1.807, 2.05) is 4.90 Å². The molecule has 3 nitrogen and oxygen atoms in total. The van der Waals surface area contributed by atoms with Gasteiger partial charge in [0.05, 0.1) is 12.3 Å². The van der Waals surface area contributed by atoms with E-state index in [-0.39, 0.29) is 25.3 Å². The van der Waals surface area contributed by atoms with E-state index < -0.39 is 18.1 Å². The third kappa shape index (κ3) is 4.09. The molecular formula is C13H20F3NO2. The van der Waals surface area contributed by atoms with Gasteiger partial charge in [-0.1, -0.05) is 6.42 Å². The highest BCUT2D eigenvalue weighted by atomic mass is 19.4. The minimum atomic E-state index is -4.11. The van der Waals surface area contributed by atoms with E-state index in [4.69, 9.17) is 5.11 Å². The van der Waals surface area contributed by atoms with E-state index in [1.54, 1.807) is 0 Å². The lowest BCUT2D eigenvalue weighted by Crippen LogP contribution is -2.44. The Morgan fingerprint density at radius 2 is 1.84 bits per heavy atom. The highest BCUT2D eigenvalue weighted by Gasteiger charge is 2.45. The summed E-state index contributed by atoms with van der Waals surface area (Å²) in [6, 6.07) is 0.226. The smallest absolute Gasteiger partial charge is 0.391 e. The second kappa shape index (κ2) is 5.69. The molecule has 0 heterocycles. The van der Waals surface area contributed by atoms with Crippen LogP contribution in [-0.2, 0) is 4.79 Å². The summed E-state index contributed by atoms with van der Waals surface area (Å²) in [6.07, 6.45) is -0.394. The van der Waals surface area contributed by atoms with Gasteiger partial charge in [-0.05, 0) is 32.1 Å². The lowest BCUT2D eigenvalue weighted by Gasteiger charge is -2.38. The largest absolute Gasteiger partial charge is 0.481 e. The molecule has 2 aliphatic carbocycles. The summed E-state index contributed by atoms with van der Waals surface area (Å²) < 4.78 is 38.4. The zero-order valence-corrected chi connectivity index (χ0v) is 10.8. The fourth-order valence-corrected chi connectivity index (χ4v) is 3.06. The second-order valence-corrected chi connectivity index (χ2v) is 5.67. The molecule has 6 heteroatoms. The number of carboxylic acids is 1. The predicted molar refractivity (Wildman–Crippen MR) is 63.8 cm³/mol. The fourth-order valence-electron chi connectivity index (χ4n) is 3.06. The molecule has 110 valence electrons. The molecule has 2 fully saturated rings. The number of carboxylic acid groups (broad SMARTS) is 1. The first-order valence-electron chi connectivity index (χ1n) is 6.92. The van der Waals surface area contributed by atoms with Crippen molar-refractivity contribution in [3.8, 4) is 0 Å². The van der Waals surface area contributed by atoms with Crippen molar-refractivity contribution >= 4 is 5.97 Å². The van der Waals surface area contributed by atoms with Gasteiger partial charge in [0.25, 0.3) is 0 Å². The summed E-state index contributed by atoms with van der Waals surface area (Å²) in [5.41, 5.74) is 0. The van der Waals surface area contributed by atoms with Crippen molar-refractivity contribution in [3.63, 3.8) is 0 Å². The van der Waals surface area contributed by atoms with Crippen molar-refractivity contribution in [2.24, 2.45) is 5.92 Å². The van der Waals surface area contributed by atoms with Gasteiger partial charge in [0, 0.05) is 18.6 Å². The summed E-state index contributed by atoms with van der Waals surface area (Å²) in [6.45, 7) is 0.384. The first-order valence-corrected chi connectivity index (χ1v) is 6.92. The normalized spacial score (nSPS) is 28.6. The van der Waals surface area contributed by atoms with Crippen LogP contribution in [0.25, 0.3) is 0 Å². The number of aliphatic carboxylic acids is 1. The Labute approximate surface area is 110 Å². The van der Waals surface area contributed by atoms with Gasteiger partial charge in [-0.25, -0.2) is 0 Å². The monoisotopic (exact) mass is 279 g/mol. The summed E-state index contributed by atoms with van der Waals surface area (Å²) in [5, 5.41) is 8.74. The number of halogens is 3. The molecule has 0 aromatic rings. The number of hydrogen-bond donors (Lipinski definition) is 1. The number of hydrogen-bond acceptors (Lipinski definition) is 2. The van der Waals surface area contributed by atoms with Crippen LogP contribution in [0, 0.1) is 5.92 Å². The lowest BCUT2D eigenvalue weighted by molar-refractivity contribution is -0.187. The Kier molecular flexibility index (Phi) is 4.38. The SMILES string of the molecule is O=C(O)CCN(C1CC1)C1CCCC(C(F)(F)F)C1. The van der Waals surface area contributed by atoms with Crippen molar-refractivity contribution in [1.82, 2.24) is 4.90 Å². The van der Waals surface area contributed by atoms with Gasteiger partial charge >= 0.3 is 12.1 Å². The zero-order chi connectivity index (χ0) is 14.0. The van der Waals surface area contributed by atoms with E-state index in [2.05, 4.69) is 0 Å². The van der Waals surface area contributed by atoms with Crippen LogP contribution < -0.4 is 0 Å². The molecule has 0 saturated heterocycles. The van der Waals surface area contributed by atoms with E-state index in [0.717, 1.165) is 19.3 Å². The summed E-state index contributed by atoms with van der Waals surface area (Å²) in [4.78, 5) is 12.7. The third-order valence-electron chi connectivity index (χ3n) is 4.18. The first-order chi connectivity index (χ1) is 8.88. The Morgan fingerprint density at radius 1 is 1.16 bits per heavy atom. The minimum absolute atomic E-state index is 0.0175. The molecule has 0 bridgehead atoms. The molecule has 0 aliphatic heterocycles. The molecular weight excluding hydrogens is 259 g/mol. The zero-order valence-electron chi connectivity index (χ0n) is 10.8. The third-order valence-corrected chi connectivity index (χ3v) is 4.18. The second-order valence-electron chi connectivity index (χ2n) is 5.67. The molecule has 2 atom stereocenters. The predicted octanol–water partition coefficient (Wildman–Crippen LogP) is 3.05. The average Bonchev–Trinajstić information content (AvgIpc) is 3.13. The van der Waals surface area contributed by atoms with Gasteiger partial charge < -0.3 is 5.11 Å². The molecule has 19 heavy (non-hydrogen) atoms. The first kappa shape index (κ1) is 14.6. The Balaban J connectivity index is 1.94. The average molecular weight is 279 g/mol. The maximum absolute atomic E-state index is 12.8. The molecule has 0 aromatic carbocycles. The molecule has 1 N–H and O–H groups in total. The van der Waals surface area contributed by atoms with Crippen molar-refractivity contribution in [2.75, 3.05) is 6.54 Å². The molecule has 0 aromatic heterocycles. The van der Waals surface area contributed by atoms with Gasteiger partial charge in [0.1, 0.15) is 0 Å². The van der Waals surface area contributed by atoms with Crippen molar-refractivity contribution < 1.29 is 23.1 Å². The van der Waals surface area contributed by atoms with E-state index in [1.165, 1.54) is 0 Å². The fraction of sp³-hybridized carbons (Fsp3) is 0.923. The topological polar surface area (TPSA) is 40.5 Å². The van der Waals surface area contributed by atoms with Crippen LogP contribution in [0.2, 0.25) is 0 Å². The van der Waals surface area contributed by atoms with Crippen LogP contribution in [0.5, 0.6) is 0 Å². The molecule has 2 aliphatic rings. The Hall–Kier alpha value is -0.780. The highest BCUT2D eigenvalue weighted by Crippen LogP contribution is 2.41. The van der Waals surface area contributed by atoms with Gasteiger partial charge in [-0.15, -0.1) is 0 Å². The molecule has 2 saturated carbocycles. The summed E-state index contributed by atoms with van der Waals surface area (Å²) >= 11 is 0. The van der Waals surface area contributed by atoms with Crippen LogP contribution in [0.3, 0.4) is 0 Å². The van der Waals surface area contributed by atoms with Gasteiger partial charge in [0.2, 0.25) is 0 Å². The van der Waals surface area contributed by atoms with Gasteiger partial charge in [0.15, 0.2) is 0 Å². The number of nitrogens with zero attached hydrogens (tertiary/aromatic N) is 1. The number of rotatable bonds is 5. The maximum atomic E-state index is 12.8. The lowest BCUT2D eigenvalue weighted by atomic mass is 9.84. The molecule has 0 spiro atoms. The van der Waals surface area contributed by atoms with Gasteiger partial charge in [-0.3, -0.25) is 9.69 Å². The van der Waals surface area contributed by atoms with Crippen LogP contribution in [0.4, 0.5) is 13.2 Å². The van der Waals surface area contributed by atoms with Crippen LogP contribution in [0.1, 0.15) is 44.9 Å². The van der Waals surface area contributed by atoms with E-state index >= 15 is 0 Å². The minimum Gasteiger partial charge on any atom is -0.481 e. The van der Waals surface area contributed by atoms with Crippen molar-refractivity contribution in [1.29, 1.82) is 0 Å². The quantitative estimate of drug-likeness (QED) is 0.841. The highest BCUT2D eigenvalue weighted by molar-refractivity contribution is 5.66. The van der Waals surface area contributed by atoms with Crippen molar-refractivity contribution in [2.45, 2.75) is 63.2 Å². The molecule has 2 unspecified atom stereocenters. The van der Waals surface area contributed by atoms with Crippen LogP contribution in [0.15, 0.2) is 0 Å².